The van der Waals surface area contributed by atoms with E-state index >= 15 is 0 Å². The molecule has 1 aliphatic heterocycles. The van der Waals surface area contributed by atoms with Gasteiger partial charge in [-0.15, -0.1) is 11.3 Å². The van der Waals surface area contributed by atoms with E-state index in [-0.39, 0.29) is 0 Å². The fourth-order valence-corrected chi connectivity index (χ4v) is 3.40. The van der Waals surface area contributed by atoms with Gasteiger partial charge in [0.15, 0.2) is 0 Å². The summed E-state index contributed by atoms with van der Waals surface area (Å²) in [6, 6.07) is 4.27. The van der Waals surface area contributed by atoms with Gasteiger partial charge in [-0.1, -0.05) is 0 Å². The summed E-state index contributed by atoms with van der Waals surface area (Å²) in [5.41, 5.74) is 5.63. The molecular formula is C13H17N3S. The van der Waals surface area contributed by atoms with Gasteiger partial charge in [-0.25, -0.2) is 4.98 Å². The second-order valence-corrected chi connectivity index (χ2v) is 5.59. The van der Waals surface area contributed by atoms with Crippen molar-refractivity contribution in [2.24, 2.45) is 11.7 Å². The number of rotatable bonds is 3. The number of pyridine rings is 1. The van der Waals surface area contributed by atoms with E-state index in [0.717, 1.165) is 37.8 Å². The van der Waals surface area contributed by atoms with Gasteiger partial charge in [0, 0.05) is 29.4 Å². The predicted octanol–water partition coefficient (Wildman–Crippen LogP) is 2.47. The molecule has 3 rings (SSSR count). The first-order chi connectivity index (χ1) is 8.38. The number of hydrogen-bond acceptors (Lipinski definition) is 4. The van der Waals surface area contributed by atoms with Crippen LogP contribution in [0.2, 0.25) is 0 Å². The summed E-state index contributed by atoms with van der Waals surface area (Å²) in [5.74, 6) is 1.90. The number of anilines is 1. The molecule has 90 valence electrons. The molecule has 3 heterocycles. The SMILES string of the molecule is NCCC1CCN(c2nccc3sccc23)C1. The maximum absolute atomic E-state index is 5.63. The first-order valence-electron chi connectivity index (χ1n) is 6.15. The van der Waals surface area contributed by atoms with Crippen LogP contribution >= 0.6 is 11.3 Å². The number of nitrogens with two attached hydrogens (primary N) is 1. The summed E-state index contributed by atoms with van der Waals surface area (Å²) in [6.07, 6.45) is 4.31. The summed E-state index contributed by atoms with van der Waals surface area (Å²) in [4.78, 5) is 6.97. The van der Waals surface area contributed by atoms with E-state index < -0.39 is 0 Å². The molecule has 2 aromatic rings. The second kappa shape index (κ2) is 4.63. The third-order valence-corrected chi connectivity index (χ3v) is 4.40. The number of fused-ring (bicyclic) bond motifs is 1. The van der Waals surface area contributed by atoms with Crippen molar-refractivity contribution in [2.45, 2.75) is 12.8 Å². The number of nitrogens with zero attached hydrogens (tertiary/aromatic N) is 2. The highest BCUT2D eigenvalue weighted by Crippen LogP contribution is 2.32. The molecule has 2 aromatic heterocycles. The first-order valence-corrected chi connectivity index (χ1v) is 7.03. The molecule has 0 amide bonds. The molecule has 1 saturated heterocycles. The van der Waals surface area contributed by atoms with E-state index in [4.69, 9.17) is 5.73 Å². The smallest absolute Gasteiger partial charge is 0.137 e. The van der Waals surface area contributed by atoms with Gasteiger partial charge in [0.25, 0.3) is 0 Å². The zero-order chi connectivity index (χ0) is 11.7. The van der Waals surface area contributed by atoms with Gasteiger partial charge in [-0.2, -0.15) is 0 Å². The zero-order valence-corrected chi connectivity index (χ0v) is 10.6. The average molecular weight is 247 g/mol. The van der Waals surface area contributed by atoms with Crippen molar-refractivity contribution < 1.29 is 0 Å². The van der Waals surface area contributed by atoms with Crippen LogP contribution in [0.4, 0.5) is 5.82 Å². The van der Waals surface area contributed by atoms with Gasteiger partial charge in [-0.05, 0) is 42.8 Å². The van der Waals surface area contributed by atoms with Crippen LogP contribution in [0.5, 0.6) is 0 Å². The van der Waals surface area contributed by atoms with E-state index in [9.17, 15) is 0 Å². The van der Waals surface area contributed by atoms with Crippen molar-refractivity contribution in [2.75, 3.05) is 24.5 Å². The van der Waals surface area contributed by atoms with Crippen LogP contribution in [0, 0.1) is 5.92 Å². The van der Waals surface area contributed by atoms with Gasteiger partial charge >= 0.3 is 0 Å². The quantitative estimate of drug-likeness (QED) is 0.906. The topological polar surface area (TPSA) is 42.1 Å². The van der Waals surface area contributed by atoms with Gasteiger partial charge in [-0.3, -0.25) is 0 Å². The van der Waals surface area contributed by atoms with Crippen LogP contribution in [0.1, 0.15) is 12.8 Å². The van der Waals surface area contributed by atoms with Crippen molar-refractivity contribution in [1.29, 1.82) is 0 Å². The third-order valence-electron chi connectivity index (χ3n) is 3.52. The summed E-state index contributed by atoms with van der Waals surface area (Å²) >= 11 is 1.78. The van der Waals surface area contributed by atoms with Gasteiger partial charge in [0.05, 0.1) is 0 Å². The molecule has 0 spiro atoms. The fourth-order valence-electron chi connectivity index (χ4n) is 2.63. The van der Waals surface area contributed by atoms with Crippen molar-refractivity contribution in [1.82, 2.24) is 4.98 Å². The van der Waals surface area contributed by atoms with Crippen molar-refractivity contribution in [3.63, 3.8) is 0 Å². The molecule has 2 N–H and O–H groups in total. The van der Waals surface area contributed by atoms with Crippen LogP contribution in [0.3, 0.4) is 0 Å². The molecule has 3 nitrogen and oxygen atoms in total. The van der Waals surface area contributed by atoms with E-state index in [1.165, 1.54) is 16.5 Å². The van der Waals surface area contributed by atoms with Gasteiger partial charge in [0.1, 0.15) is 5.82 Å². The lowest BCUT2D eigenvalue weighted by Gasteiger charge is -2.18. The van der Waals surface area contributed by atoms with E-state index in [0.29, 0.717) is 0 Å². The Kier molecular flexibility index (Phi) is 2.99. The van der Waals surface area contributed by atoms with Crippen molar-refractivity contribution in [3.8, 4) is 0 Å². The summed E-state index contributed by atoms with van der Waals surface area (Å²) in [7, 11) is 0. The highest BCUT2D eigenvalue weighted by Gasteiger charge is 2.23. The number of hydrogen-bond donors (Lipinski definition) is 1. The number of thiophene rings is 1. The Hall–Kier alpha value is -1.13. The molecule has 0 radical (unpaired) electrons. The van der Waals surface area contributed by atoms with Crippen LogP contribution in [-0.4, -0.2) is 24.6 Å². The van der Waals surface area contributed by atoms with Crippen molar-refractivity contribution in [3.05, 3.63) is 23.7 Å². The Morgan fingerprint density at radius 2 is 2.41 bits per heavy atom. The standard InChI is InChI=1S/C13H17N3S/c14-5-1-10-3-7-16(9-10)13-11-4-8-17-12(11)2-6-15-13/h2,4,6,8,10H,1,3,5,7,9,14H2. The fraction of sp³-hybridized carbons (Fsp3) is 0.462. The number of aromatic nitrogens is 1. The molecular weight excluding hydrogens is 230 g/mol. The van der Waals surface area contributed by atoms with E-state index in [2.05, 4.69) is 27.4 Å². The molecule has 1 atom stereocenters. The Labute approximate surface area is 105 Å². The van der Waals surface area contributed by atoms with Gasteiger partial charge < -0.3 is 10.6 Å². The molecule has 1 aliphatic rings. The highest BCUT2D eigenvalue weighted by atomic mass is 32.1. The Bertz CT molecular complexity index is 508. The Morgan fingerprint density at radius 3 is 3.29 bits per heavy atom. The average Bonchev–Trinajstić information content (AvgIpc) is 2.96. The predicted molar refractivity (Wildman–Crippen MR) is 73.6 cm³/mol. The van der Waals surface area contributed by atoms with Crippen LogP contribution in [0.25, 0.3) is 10.1 Å². The molecule has 4 heteroatoms. The molecule has 17 heavy (non-hydrogen) atoms. The summed E-state index contributed by atoms with van der Waals surface area (Å²) < 4.78 is 1.33. The van der Waals surface area contributed by atoms with Gasteiger partial charge in [0.2, 0.25) is 0 Å². The summed E-state index contributed by atoms with van der Waals surface area (Å²) in [6.45, 7) is 3.03. The Balaban J connectivity index is 1.87. The molecule has 0 aliphatic carbocycles. The lowest BCUT2D eigenvalue weighted by atomic mass is 10.1. The maximum Gasteiger partial charge on any atom is 0.137 e. The maximum atomic E-state index is 5.63. The van der Waals surface area contributed by atoms with Crippen LogP contribution in [0.15, 0.2) is 23.7 Å². The largest absolute Gasteiger partial charge is 0.356 e. The second-order valence-electron chi connectivity index (χ2n) is 4.65. The molecule has 1 unspecified atom stereocenters. The molecule has 0 saturated carbocycles. The van der Waals surface area contributed by atoms with E-state index in [1.807, 2.05) is 6.20 Å². The van der Waals surface area contributed by atoms with Crippen LogP contribution in [-0.2, 0) is 0 Å². The summed E-state index contributed by atoms with van der Waals surface area (Å²) in [5, 5.41) is 3.44. The van der Waals surface area contributed by atoms with Crippen molar-refractivity contribution >= 4 is 27.2 Å². The van der Waals surface area contributed by atoms with Crippen LogP contribution < -0.4 is 10.6 Å². The van der Waals surface area contributed by atoms with E-state index in [1.54, 1.807) is 11.3 Å². The lowest BCUT2D eigenvalue weighted by molar-refractivity contribution is 0.546. The molecule has 1 fully saturated rings. The third kappa shape index (κ3) is 2.03. The minimum atomic E-state index is 0.746. The Morgan fingerprint density at radius 1 is 1.47 bits per heavy atom. The molecule has 0 aromatic carbocycles. The monoisotopic (exact) mass is 247 g/mol. The minimum Gasteiger partial charge on any atom is -0.356 e. The highest BCUT2D eigenvalue weighted by molar-refractivity contribution is 7.17. The minimum absolute atomic E-state index is 0.746. The lowest BCUT2D eigenvalue weighted by Crippen LogP contribution is -2.21. The first kappa shape index (κ1) is 11.0. The normalized spacial score (nSPS) is 20.3. The zero-order valence-electron chi connectivity index (χ0n) is 9.80. The molecule has 0 bridgehead atoms.